The summed E-state index contributed by atoms with van der Waals surface area (Å²) in [4.78, 5) is 1.33. The van der Waals surface area contributed by atoms with Crippen molar-refractivity contribution in [1.29, 1.82) is 0 Å². The smallest absolute Gasteiger partial charge is 0.312 e. The zero-order valence-corrected chi connectivity index (χ0v) is 10.6. The lowest BCUT2D eigenvalue weighted by atomic mass is 10.0. The van der Waals surface area contributed by atoms with E-state index in [0.29, 0.717) is 12.5 Å². The fraction of sp³-hybridized carbons (Fsp3) is 1.00. The van der Waals surface area contributed by atoms with Gasteiger partial charge in [-0.25, -0.2) is 0 Å². The molecule has 0 fully saturated rings. The van der Waals surface area contributed by atoms with Crippen molar-refractivity contribution in [3.63, 3.8) is 0 Å². The molecule has 1 atom stereocenters. The number of nitrogens with zero attached hydrogens (tertiary/aromatic N) is 1. The lowest BCUT2D eigenvalue weighted by Gasteiger charge is -2.28. The van der Waals surface area contributed by atoms with Gasteiger partial charge < -0.3 is 5.32 Å². The molecule has 0 aliphatic heterocycles. The van der Waals surface area contributed by atoms with Crippen molar-refractivity contribution in [2.24, 2.45) is 5.92 Å². The first kappa shape index (κ1) is 15.7. The summed E-state index contributed by atoms with van der Waals surface area (Å²) in [6.45, 7) is 6.53. The second kappa shape index (κ2) is 7.12. The molecule has 98 valence electrons. The molecule has 0 aliphatic carbocycles. The highest BCUT2D eigenvalue weighted by Crippen LogP contribution is 2.16. The van der Waals surface area contributed by atoms with Crippen LogP contribution in [0.15, 0.2) is 0 Å². The Hall–Kier alpha value is -0.290. The average Bonchev–Trinajstić information content (AvgIpc) is 2.08. The molecule has 0 radical (unpaired) electrons. The van der Waals surface area contributed by atoms with Crippen LogP contribution in [-0.2, 0) is 0 Å². The quantitative estimate of drug-likeness (QED) is 0.735. The van der Waals surface area contributed by atoms with Crippen LogP contribution in [0.5, 0.6) is 0 Å². The molecule has 0 aromatic heterocycles. The molecule has 0 aliphatic rings. The van der Waals surface area contributed by atoms with Crippen LogP contribution >= 0.6 is 0 Å². The maximum absolute atomic E-state index is 12.1. The molecule has 0 aromatic rings. The molecule has 0 aromatic carbocycles. The minimum absolute atomic E-state index is 0.118. The van der Waals surface area contributed by atoms with Crippen molar-refractivity contribution < 1.29 is 13.2 Å². The monoisotopic (exact) mass is 240 g/mol. The van der Waals surface area contributed by atoms with Crippen LogP contribution in [0, 0.1) is 5.92 Å². The molecule has 0 spiro atoms. The van der Waals surface area contributed by atoms with Crippen LogP contribution in [0.4, 0.5) is 13.2 Å². The maximum Gasteiger partial charge on any atom is 0.401 e. The Bertz CT molecular complexity index is 181. The molecule has 0 heterocycles. The molecule has 0 saturated carbocycles. The highest BCUT2D eigenvalue weighted by molar-refractivity contribution is 4.74. The minimum atomic E-state index is -4.11. The van der Waals surface area contributed by atoms with Gasteiger partial charge in [0.25, 0.3) is 0 Å². The largest absolute Gasteiger partial charge is 0.401 e. The van der Waals surface area contributed by atoms with Crippen molar-refractivity contribution in [2.45, 2.75) is 39.4 Å². The Labute approximate surface area is 96.2 Å². The van der Waals surface area contributed by atoms with Crippen LogP contribution < -0.4 is 5.32 Å². The van der Waals surface area contributed by atoms with Crippen LogP contribution in [0.2, 0.25) is 0 Å². The van der Waals surface area contributed by atoms with Gasteiger partial charge in [-0.3, -0.25) is 4.90 Å². The fourth-order valence-electron chi connectivity index (χ4n) is 1.55. The highest BCUT2D eigenvalue weighted by atomic mass is 19.4. The van der Waals surface area contributed by atoms with Crippen molar-refractivity contribution in [1.82, 2.24) is 10.2 Å². The van der Waals surface area contributed by atoms with E-state index in [2.05, 4.69) is 5.32 Å². The second-order valence-corrected chi connectivity index (χ2v) is 4.62. The van der Waals surface area contributed by atoms with Crippen molar-refractivity contribution in [2.75, 3.05) is 26.7 Å². The third-order valence-electron chi connectivity index (χ3n) is 2.42. The Balaban J connectivity index is 4.07. The zero-order valence-electron chi connectivity index (χ0n) is 10.6. The Morgan fingerprint density at radius 3 is 2.19 bits per heavy atom. The molecule has 1 unspecified atom stereocenters. The fourth-order valence-corrected chi connectivity index (χ4v) is 1.55. The summed E-state index contributed by atoms with van der Waals surface area (Å²) in [6, 6.07) is 0.118. The van der Waals surface area contributed by atoms with Gasteiger partial charge in [0.05, 0.1) is 6.54 Å². The first-order valence-electron chi connectivity index (χ1n) is 5.75. The molecule has 0 rings (SSSR count). The summed E-state index contributed by atoms with van der Waals surface area (Å²) in [6.07, 6.45) is -3.12. The van der Waals surface area contributed by atoms with Gasteiger partial charge in [0, 0.05) is 12.6 Å². The van der Waals surface area contributed by atoms with Gasteiger partial charge >= 0.3 is 6.18 Å². The van der Waals surface area contributed by atoms with Crippen molar-refractivity contribution in [3.8, 4) is 0 Å². The number of rotatable bonds is 7. The normalized spacial score (nSPS) is 14.8. The van der Waals surface area contributed by atoms with Gasteiger partial charge in [0.2, 0.25) is 0 Å². The molecule has 0 amide bonds. The van der Waals surface area contributed by atoms with Gasteiger partial charge in [-0.1, -0.05) is 20.8 Å². The third kappa shape index (κ3) is 7.93. The van der Waals surface area contributed by atoms with E-state index in [9.17, 15) is 13.2 Å². The lowest BCUT2D eigenvalue weighted by Crippen LogP contribution is -2.45. The van der Waals surface area contributed by atoms with Gasteiger partial charge in [0.15, 0.2) is 0 Å². The van der Waals surface area contributed by atoms with Crippen LogP contribution in [0.1, 0.15) is 27.2 Å². The molecular weight excluding hydrogens is 217 g/mol. The van der Waals surface area contributed by atoms with Gasteiger partial charge in [-0.15, -0.1) is 0 Å². The van der Waals surface area contributed by atoms with Gasteiger partial charge in [-0.05, 0) is 25.9 Å². The Morgan fingerprint density at radius 1 is 1.25 bits per heavy atom. The molecule has 5 heteroatoms. The Kier molecular flexibility index (Phi) is 6.99. The summed E-state index contributed by atoms with van der Waals surface area (Å²) in [5.41, 5.74) is 0. The van der Waals surface area contributed by atoms with Crippen molar-refractivity contribution in [3.05, 3.63) is 0 Å². The van der Waals surface area contributed by atoms with Crippen LogP contribution in [-0.4, -0.2) is 43.8 Å². The average molecular weight is 240 g/mol. The molecule has 0 bridgehead atoms. The summed E-state index contributed by atoms with van der Waals surface area (Å²) in [7, 11) is 1.51. The van der Waals surface area contributed by atoms with Gasteiger partial charge in [0.1, 0.15) is 0 Å². The number of hydrogen-bond acceptors (Lipinski definition) is 2. The molecule has 0 saturated heterocycles. The first-order valence-corrected chi connectivity index (χ1v) is 5.75. The Morgan fingerprint density at radius 2 is 1.81 bits per heavy atom. The van der Waals surface area contributed by atoms with Crippen LogP contribution in [0.25, 0.3) is 0 Å². The van der Waals surface area contributed by atoms with E-state index in [4.69, 9.17) is 0 Å². The van der Waals surface area contributed by atoms with E-state index in [1.165, 1.54) is 11.9 Å². The number of nitrogens with one attached hydrogen (secondary N) is 1. The van der Waals surface area contributed by atoms with E-state index >= 15 is 0 Å². The van der Waals surface area contributed by atoms with E-state index in [0.717, 1.165) is 13.0 Å². The number of likely N-dealkylation sites (N-methyl/N-ethyl adjacent to an activating group) is 1. The van der Waals surface area contributed by atoms with Crippen molar-refractivity contribution >= 4 is 0 Å². The molecule has 2 nitrogen and oxygen atoms in total. The molecule has 16 heavy (non-hydrogen) atoms. The number of alkyl halides is 3. The second-order valence-electron chi connectivity index (χ2n) is 4.62. The number of hydrogen-bond donors (Lipinski definition) is 1. The zero-order chi connectivity index (χ0) is 12.8. The topological polar surface area (TPSA) is 15.3 Å². The summed E-state index contributed by atoms with van der Waals surface area (Å²) in [5.74, 6) is 0.335. The standard InChI is InChI=1S/C11H23F3N2/c1-5-6-15-10(9(2)3)7-16(4)8-11(12,13)14/h9-10,15H,5-8H2,1-4H3. The summed E-state index contributed by atoms with van der Waals surface area (Å²) < 4.78 is 36.4. The van der Waals surface area contributed by atoms with Gasteiger partial charge in [-0.2, -0.15) is 13.2 Å². The van der Waals surface area contributed by atoms with E-state index in [1.807, 2.05) is 20.8 Å². The third-order valence-corrected chi connectivity index (χ3v) is 2.42. The first-order chi connectivity index (χ1) is 7.26. The predicted octanol–water partition coefficient (Wildman–Crippen LogP) is 2.50. The molecule has 1 N–H and O–H groups in total. The molecular formula is C11H23F3N2. The maximum atomic E-state index is 12.1. The highest BCUT2D eigenvalue weighted by Gasteiger charge is 2.30. The minimum Gasteiger partial charge on any atom is -0.312 e. The summed E-state index contributed by atoms with van der Waals surface area (Å²) in [5, 5.41) is 3.28. The van der Waals surface area contributed by atoms with Crippen LogP contribution in [0.3, 0.4) is 0 Å². The van der Waals surface area contributed by atoms with E-state index in [-0.39, 0.29) is 6.04 Å². The SMILES string of the molecule is CCCNC(CN(C)CC(F)(F)F)C(C)C. The van der Waals surface area contributed by atoms with E-state index in [1.54, 1.807) is 0 Å². The number of halogens is 3. The lowest BCUT2D eigenvalue weighted by molar-refractivity contribution is -0.143. The predicted molar refractivity (Wildman–Crippen MR) is 60.5 cm³/mol. The summed E-state index contributed by atoms with van der Waals surface area (Å²) >= 11 is 0. The van der Waals surface area contributed by atoms with E-state index < -0.39 is 12.7 Å².